The third kappa shape index (κ3) is 11.2. The van der Waals surface area contributed by atoms with Crippen LogP contribution in [0.15, 0.2) is 43.0 Å². The van der Waals surface area contributed by atoms with Gasteiger partial charge < -0.3 is 15.0 Å². The van der Waals surface area contributed by atoms with E-state index in [0.29, 0.717) is 43.4 Å². The van der Waals surface area contributed by atoms with Crippen molar-refractivity contribution in [1.82, 2.24) is 10.2 Å². The quantitative estimate of drug-likeness (QED) is 0.185. The molecule has 2 aromatic rings. The predicted octanol–water partition coefficient (Wildman–Crippen LogP) is 7.30. The maximum Gasteiger partial charge on any atom is 0.251 e. The minimum absolute atomic E-state index is 0.130. The Morgan fingerprint density at radius 3 is 2.57 bits per heavy atom. The molecule has 2 atom stereocenters. The first kappa shape index (κ1) is 33.9. The highest BCUT2D eigenvalue weighted by Gasteiger charge is 2.23. The normalized spacial score (nSPS) is 14.9. The molecule has 0 heterocycles. The van der Waals surface area contributed by atoms with Crippen molar-refractivity contribution in [3.05, 3.63) is 75.1 Å². The van der Waals surface area contributed by atoms with Gasteiger partial charge in [-0.05, 0) is 110 Å². The van der Waals surface area contributed by atoms with Crippen molar-refractivity contribution in [2.24, 2.45) is 11.8 Å². The van der Waals surface area contributed by atoms with E-state index in [9.17, 15) is 9.18 Å². The highest BCUT2D eigenvalue weighted by Crippen LogP contribution is 2.29. The lowest BCUT2D eigenvalue weighted by Crippen LogP contribution is -2.37. The summed E-state index contributed by atoms with van der Waals surface area (Å²) in [6.07, 6.45) is 10.9. The van der Waals surface area contributed by atoms with Crippen molar-refractivity contribution in [3.63, 3.8) is 0 Å². The Balaban J connectivity index is 1.60. The number of benzene rings is 2. The minimum Gasteiger partial charge on any atom is -0.380 e. The van der Waals surface area contributed by atoms with Crippen LogP contribution in [0.1, 0.15) is 86.2 Å². The van der Waals surface area contributed by atoms with Crippen LogP contribution in [0.2, 0.25) is 5.02 Å². The van der Waals surface area contributed by atoms with Crippen molar-refractivity contribution in [2.45, 2.75) is 77.7 Å². The van der Waals surface area contributed by atoms with Crippen LogP contribution < -0.4 is 15.8 Å². The molecule has 2 aromatic carbocycles. The Kier molecular flexibility index (Phi) is 14.1. The van der Waals surface area contributed by atoms with E-state index in [4.69, 9.17) is 16.3 Å². The van der Waals surface area contributed by atoms with Crippen LogP contribution in [0.5, 0.6) is 0 Å². The van der Waals surface area contributed by atoms with Gasteiger partial charge in [0.1, 0.15) is 0 Å². The molecule has 1 aliphatic carbocycles. The topological polar surface area (TPSA) is 41.6 Å². The monoisotopic (exact) mass is 596 g/mol. The van der Waals surface area contributed by atoms with Gasteiger partial charge in [-0.3, -0.25) is 9.18 Å². The molecule has 230 valence electrons. The number of nitrogens with zero attached hydrogens (tertiary/aromatic N) is 1. The highest BCUT2D eigenvalue weighted by molar-refractivity contribution is 6.30. The van der Waals surface area contributed by atoms with Crippen molar-refractivity contribution >= 4 is 35.9 Å². The van der Waals surface area contributed by atoms with Gasteiger partial charge >= 0.3 is 0 Å². The zero-order chi connectivity index (χ0) is 30.5. The number of alkyl halides is 1. The molecule has 3 rings (SSSR count). The molecule has 0 saturated heterocycles. The Bertz CT molecular complexity index is 1260. The molecule has 1 aliphatic rings. The first-order valence-corrected chi connectivity index (χ1v) is 16.0. The number of rotatable bonds is 19. The molecule has 1 fully saturated rings. The summed E-state index contributed by atoms with van der Waals surface area (Å²) in [5.74, 6) is 1.06. The van der Waals surface area contributed by atoms with Gasteiger partial charge in [-0.1, -0.05) is 56.3 Å². The van der Waals surface area contributed by atoms with Crippen LogP contribution in [-0.2, 0) is 4.74 Å². The Morgan fingerprint density at radius 2 is 1.90 bits per heavy atom. The number of ether oxygens (including phenoxy) is 1. The van der Waals surface area contributed by atoms with Gasteiger partial charge in [0.15, 0.2) is 0 Å². The van der Waals surface area contributed by atoms with Gasteiger partial charge in [0.25, 0.3) is 5.91 Å². The fourth-order valence-corrected chi connectivity index (χ4v) is 5.59. The van der Waals surface area contributed by atoms with E-state index in [1.54, 1.807) is 0 Å². The molecule has 0 spiro atoms. The zero-order valence-corrected chi connectivity index (χ0v) is 26.7. The summed E-state index contributed by atoms with van der Waals surface area (Å²) in [4.78, 5) is 15.4. The van der Waals surface area contributed by atoms with E-state index < -0.39 is 0 Å². The molecule has 1 amide bonds. The summed E-state index contributed by atoms with van der Waals surface area (Å²) in [6, 6.07) is 11.7. The van der Waals surface area contributed by atoms with Crippen LogP contribution in [0.25, 0.3) is 18.4 Å². The molecule has 1 saturated carbocycles. The number of nitrogens with one attached hydrogen (secondary N) is 1. The van der Waals surface area contributed by atoms with Gasteiger partial charge in [0.2, 0.25) is 0 Å². The predicted molar refractivity (Wildman–Crippen MR) is 176 cm³/mol. The van der Waals surface area contributed by atoms with E-state index in [-0.39, 0.29) is 18.7 Å². The minimum atomic E-state index is -0.369. The first-order valence-electron chi connectivity index (χ1n) is 15.6. The first-order chi connectivity index (χ1) is 20.2. The fourth-order valence-electron chi connectivity index (χ4n) is 5.47. The summed E-state index contributed by atoms with van der Waals surface area (Å²) in [6.45, 7) is 14.4. The Labute approximate surface area is 257 Å². The van der Waals surface area contributed by atoms with Crippen LogP contribution in [-0.4, -0.2) is 50.3 Å². The molecule has 1 N–H and O–H groups in total. The lowest BCUT2D eigenvalue weighted by atomic mass is 9.93. The lowest BCUT2D eigenvalue weighted by molar-refractivity contribution is 0.0371. The zero-order valence-electron chi connectivity index (χ0n) is 25.9. The van der Waals surface area contributed by atoms with Crippen molar-refractivity contribution in [1.29, 1.82) is 0 Å². The van der Waals surface area contributed by atoms with Gasteiger partial charge in [0.05, 0.1) is 12.8 Å². The molecule has 2 unspecified atom stereocenters. The van der Waals surface area contributed by atoms with Gasteiger partial charge in [0, 0.05) is 48.7 Å². The summed E-state index contributed by atoms with van der Waals surface area (Å²) in [5, 5.41) is 5.67. The van der Waals surface area contributed by atoms with E-state index in [2.05, 4.69) is 43.5 Å². The maximum atomic E-state index is 13.2. The van der Waals surface area contributed by atoms with E-state index >= 15 is 0 Å². The number of hydrogen-bond donors (Lipinski definition) is 1. The van der Waals surface area contributed by atoms with Crippen molar-refractivity contribution in [2.75, 3.05) is 33.4 Å². The third-order valence-electron chi connectivity index (χ3n) is 8.20. The number of carbonyl (C=O) groups is 1. The number of hydrogen-bond acceptors (Lipinski definition) is 3. The standard InChI is InChI=1S/C36H50ClFN2O2/c1-6-9-29(11-7-10-26(2)31-16-18-32(37)19-17-31)23-40(5)24-35-27(3)13-20-34(28(35)4)36(41)39-22-33(12-8-21-38)42-25-30-14-15-30/h13,16-20,24,29-30,33H,2-3,6-12,14-15,21-23,25H2,1,4-5H3,(H,39,41)/b35-24+. The summed E-state index contributed by atoms with van der Waals surface area (Å²) in [7, 11) is 2.10. The van der Waals surface area contributed by atoms with Gasteiger partial charge in [-0.15, -0.1) is 0 Å². The Hall–Kier alpha value is -2.63. The average Bonchev–Trinajstić information content (AvgIpc) is 3.80. The molecule has 0 aliphatic heterocycles. The van der Waals surface area contributed by atoms with Crippen LogP contribution in [0.3, 0.4) is 0 Å². The Morgan fingerprint density at radius 1 is 1.17 bits per heavy atom. The average molecular weight is 597 g/mol. The maximum absolute atomic E-state index is 13.2. The van der Waals surface area contributed by atoms with Crippen LogP contribution in [0.4, 0.5) is 4.39 Å². The molecule has 0 radical (unpaired) electrons. The third-order valence-corrected chi connectivity index (χ3v) is 8.45. The summed E-state index contributed by atoms with van der Waals surface area (Å²) >= 11 is 6.03. The lowest BCUT2D eigenvalue weighted by Gasteiger charge is -2.23. The molecule has 6 heteroatoms. The molecule has 42 heavy (non-hydrogen) atoms. The molecular weight excluding hydrogens is 547 g/mol. The number of allylic oxidation sites excluding steroid dienone is 1. The van der Waals surface area contributed by atoms with Gasteiger partial charge in [-0.25, -0.2) is 0 Å². The van der Waals surface area contributed by atoms with E-state index in [1.165, 1.54) is 12.8 Å². The van der Waals surface area contributed by atoms with Crippen LogP contribution >= 0.6 is 11.6 Å². The van der Waals surface area contributed by atoms with E-state index in [0.717, 1.165) is 70.8 Å². The highest BCUT2D eigenvalue weighted by atomic mass is 35.5. The molecule has 0 aromatic heterocycles. The summed E-state index contributed by atoms with van der Waals surface area (Å²) in [5.41, 5.74) is 3.86. The number of carbonyl (C=O) groups excluding carboxylic acids is 1. The summed E-state index contributed by atoms with van der Waals surface area (Å²) < 4.78 is 18.8. The fraction of sp³-hybridized carbons (Fsp3) is 0.528. The van der Waals surface area contributed by atoms with Crippen LogP contribution in [0, 0.1) is 18.8 Å². The second-order valence-electron chi connectivity index (χ2n) is 12.0. The molecule has 0 bridgehead atoms. The second kappa shape index (κ2) is 17.5. The van der Waals surface area contributed by atoms with E-state index in [1.807, 2.05) is 43.3 Å². The molecule has 4 nitrogen and oxygen atoms in total. The molecular formula is C36H50ClFN2O2. The second-order valence-corrected chi connectivity index (χ2v) is 12.4. The van der Waals surface area contributed by atoms with Gasteiger partial charge in [-0.2, -0.15) is 0 Å². The number of amides is 1. The number of halogens is 2. The largest absolute Gasteiger partial charge is 0.380 e. The van der Waals surface area contributed by atoms with Crippen molar-refractivity contribution < 1.29 is 13.9 Å². The smallest absolute Gasteiger partial charge is 0.251 e. The van der Waals surface area contributed by atoms with Crippen molar-refractivity contribution in [3.8, 4) is 0 Å². The SMILES string of the molecule is C=C(CCCC(CCC)CN(C)/C=c1/c(C)c(C(=O)NCC(CCCF)OCC2CC2)ccc1=C)c1ccc(Cl)cc1.